The summed E-state index contributed by atoms with van der Waals surface area (Å²) < 4.78 is 0. The van der Waals surface area contributed by atoms with Crippen molar-refractivity contribution in [3.8, 4) is 0 Å². The number of primary amides is 1. The number of benzene rings is 2. The summed E-state index contributed by atoms with van der Waals surface area (Å²) in [5.74, 6) is 0.458. The number of nitrogens with two attached hydrogens (primary N) is 1. The molecule has 2 fully saturated rings. The number of piperidine rings is 1. The van der Waals surface area contributed by atoms with Crippen LogP contribution in [0.1, 0.15) is 55.6 Å². The third-order valence-electron chi connectivity index (χ3n) is 8.05. The molecule has 2 aliphatic rings. The van der Waals surface area contributed by atoms with Crippen molar-refractivity contribution in [2.75, 3.05) is 13.1 Å². The Balaban J connectivity index is 1.12. The molecule has 0 radical (unpaired) electrons. The fraction of sp³-hybridized carbons (Fsp3) is 0.400. The van der Waals surface area contributed by atoms with Crippen molar-refractivity contribution in [2.24, 2.45) is 11.7 Å². The van der Waals surface area contributed by atoms with Gasteiger partial charge in [0.05, 0.1) is 6.04 Å². The molecule has 36 heavy (non-hydrogen) atoms. The molecule has 0 spiro atoms. The van der Waals surface area contributed by atoms with Gasteiger partial charge >= 0.3 is 0 Å². The van der Waals surface area contributed by atoms with E-state index in [-0.39, 0.29) is 23.8 Å². The summed E-state index contributed by atoms with van der Waals surface area (Å²) >= 11 is 0. The molecule has 1 aliphatic heterocycles. The minimum Gasteiger partial charge on any atom is -0.368 e. The van der Waals surface area contributed by atoms with Crippen LogP contribution in [0.3, 0.4) is 0 Å². The highest BCUT2D eigenvalue weighted by Crippen LogP contribution is 2.37. The van der Waals surface area contributed by atoms with Gasteiger partial charge in [0.25, 0.3) is 0 Å². The van der Waals surface area contributed by atoms with Crippen LogP contribution in [-0.2, 0) is 9.59 Å². The monoisotopic (exact) mass is 484 g/mol. The summed E-state index contributed by atoms with van der Waals surface area (Å²) in [6.45, 7) is 1.31. The first-order chi connectivity index (χ1) is 17.6. The van der Waals surface area contributed by atoms with Gasteiger partial charge in [0.1, 0.15) is 0 Å². The number of nitrogens with one attached hydrogen (secondary N) is 2. The number of likely N-dealkylation sites (tertiary alicyclic amines) is 1. The van der Waals surface area contributed by atoms with Gasteiger partial charge in [-0.05, 0) is 73.6 Å². The number of nitrogens with zero attached hydrogens (tertiary/aromatic N) is 1. The van der Waals surface area contributed by atoms with Gasteiger partial charge in [-0.1, -0.05) is 48.5 Å². The van der Waals surface area contributed by atoms with Gasteiger partial charge in [-0.15, -0.1) is 0 Å². The Morgan fingerprint density at radius 3 is 2.36 bits per heavy atom. The normalized spacial score (nSPS) is 22.2. The van der Waals surface area contributed by atoms with E-state index >= 15 is 0 Å². The molecule has 5 rings (SSSR count). The lowest BCUT2D eigenvalue weighted by atomic mass is 9.80. The van der Waals surface area contributed by atoms with Crippen LogP contribution in [0.15, 0.2) is 66.9 Å². The minimum atomic E-state index is -0.336. The maximum atomic E-state index is 12.6. The van der Waals surface area contributed by atoms with E-state index in [9.17, 15) is 9.59 Å². The molecule has 6 nitrogen and oxygen atoms in total. The fourth-order valence-corrected chi connectivity index (χ4v) is 6.00. The third kappa shape index (κ3) is 5.54. The number of hydrogen-bond acceptors (Lipinski definition) is 3. The molecule has 1 aromatic heterocycles. The molecule has 2 amide bonds. The Labute approximate surface area is 212 Å². The number of aromatic amines is 1. The maximum absolute atomic E-state index is 12.6. The first-order valence-corrected chi connectivity index (χ1v) is 13.2. The summed E-state index contributed by atoms with van der Waals surface area (Å²) in [6, 6.07) is 18.3. The first kappa shape index (κ1) is 24.3. The molecular formula is C30H36N4O2. The number of H-pyrrole nitrogens is 1. The number of carbonyl (C=O) groups is 2. The van der Waals surface area contributed by atoms with Crippen molar-refractivity contribution in [2.45, 2.75) is 56.5 Å². The molecule has 3 aromatic rings. The molecule has 0 bridgehead atoms. The van der Waals surface area contributed by atoms with E-state index in [0.717, 1.165) is 44.1 Å². The van der Waals surface area contributed by atoms with E-state index in [1.165, 1.54) is 16.5 Å². The Hall–Kier alpha value is -3.38. The molecule has 1 saturated heterocycles. The topological polar surface area (TPSA) is 91.2 Å². The molecule has 1 unspecified atom stereocenters. The van der Waals surface area contributed by atoms with Crippen LogP contribution >= 0.6 is 0 Å². The fourth-order valence-electron chi connectivity index (χ4n) is 6.00. The molecule has 6 heteroatoms. The number of aromatic nitrogens is 1. The van der Waals surface area contributed by atoms with Crippen molar-refractivity contribution in [1.82, 2.24) is 15.2 Å². The zero-order valence-electron chi connectivity index (χ0n) is 20.7. The second-order valence-electron chi connectivity index (χ2n) is 10.3. The van der Waals surface area contributed by atoms with E-state index in [1.807, 2.05) is 41.3 Å². The zero-order valence-corrected chi connectivity index (χ0v) is 20.7. The first-order valence-electron chi connectivity index (χ1n) is 13.2. The van der Waals surface area contributed by atoms with Gasteiger partial charge < -0.3 is 20.9 Å². The predicted molar refractivity (Wildman–Crippen MR) is 144 cm³/mol. The van der Waals surface area contributed by atoms with Crippen molar-refractivity contribution < 1.29 is 9.59 Å². The molecule has 2 aromatic carbocycles. The highest BCUT2D eigenvalue weighted by Gasteiger charge is 2.34. The van der Waals surface area contributed by atoms with Crippen molar-refractivity contribution in [1.29, 1.82) is 0 Å². The van der Waals surface area contributed by atoms with Crippen LogP contribution in [-0.4, -0.2) is 46.9 Å². The number of amides is 2. The second kappa shape index (κ2) is 11.1. The number of rotatable bonds is 7. The van der Waals surface area contributed by atoms with Gasteiger partial charge in [-0.3, -0.25) is 9.59 Å². The average Bonchev–Trinajstić information content (AvgIpc) is 3.35. The summed E-state index contributed by atoms with van der Waals surface area (Å²) in [5, 5.41) is 4.94. The Morgan fingerprint density at radius 2 is 1.64 bits per heavy atom. The zero-order chi connectivity index (χ0) is 24.9. The van der Waals surface area contributed by atoms with Gasteiger partial charge in [0.2, 0.25) is 11.8 Å². The average molecular weight is 485 g/mol. The number of fused-ring (bicyclic) bond motifs is 1. The maximum Gasteiger partial charge on any atom is 0.246 e. The second-order valence-corrected chi connectivity index (χ2v) is 10.3. The SMILES string of the molecule is NC(=O)C(NC1CCC(c2c[nH]c3ccccc23)CC1)C1CCN(C(=O)/C=C/c2ccccc2)CC1. The van der Waals surface area contributed by atoms with Gasteiger partial charge in [0, 0.05) is 42.3 Å². The molecule has 4 N–H and O–H groups in total. The van der Waals surface area contributed by atoms with E-state index in [0.29, 0.717) is 25.0 Å². The summed E-state index contributed by atoms with van der Waals surface area (Å²) in [4.78, 5) is 30.3. The smallest absolute Gasteiger partial charge is 0.246 e. The van der Waals surface area contributed by atoms with E-state index in [1.54, 1.807) is 6.08 Å². The van der Waals surface area contributed by atoms with Crippen LogP contribution in [0, 0.1) is 5.92 Å². The number of carbonyl (C=O) groups excluding carboxylic acids is 2. The molecule has 1 saturated carbocycles. The highest BCUT2D eigenvalue weighted by atomic mass is 16.2. The quantitative estimate of drug-likeness (QED) is 0.429. The van der Waals surface area contributed by atoms with Crippen LogP contribution in [0.4, 0.5) is 0 Å². The van der Waals surface area contributed by atoms with E-state index in [2.05, 4.69) is 40.8 Å². The van der Waals surface area contributed by atoms with E-state index in [4.69, 9.17) is 5.73 Å². The molecule has 2 heterocycles. The Bertz CT molecular complexity index is 1200. The lowest BCUT2D eigenvalue weighted by Gasteiger charge is -2.38. The Morgan fingerprint density at radius 1 is 0.944 bits per heavy atom. The molecular weight excluding hydrogens is 448 g/mol. The summed E-state index contributed by atoms with van der Waals surface area (Å²) in [6.07, 6.45) is 11.5. The lowest BCUT2D eigenvalue weighted by Crippen LogP contribution is -2.54. The minimum absolute atomic E-state index is 0.0245. The molecule has 1 aliphatic carbocycles. The molecule has 188 valence electrons. The van der Waals surface area contributed by atoms with Crippen LogP contribution in [0.2, 0.25) is 0 Å². The van der Waals surface area contributed by atoms with Crippen LogP contribution in [0.5, 0.6) is 0 Å². The molecule has 1 atom stereocenters. The number of para-hydroxylation sites is 1. The van der Waals surface area contributed by atoms with Crippen LogP contribution < -0.4 is 11.1 Å². The lowest BCUT2D eigenvalue weighted by molar-refractivity contribution is -0.128. The van der Waals surface area contributed by atoms with Crippen LogP contribution in [0.25, 0.3) is 17.0 Å². The van der Waals surface area contributed by atoms with Gasteiger partial charge in [-0.2, -0.15) is 0 Å². The van der Waals surface area contributed by atoms with Gasteiger partial charge in [-0.25, -0.2) is 0 Å². The predicted octanol–water partition coefficient (Wildman–Crippen LogP) is 4.59. The van der Waals surface area contributed by atoms with Crippen molar-refractivity contribution >= 4 is 28.8 Å². The largest absolute Gasteiger partial charge is 0.368 e. The third-order valence-corrected chi connectivity index (χ3v) is 8.05. The standard InChI is InChI=1S/C30H36N4O2/c31-30(36)29(23-16-18-34(19-17-23)28(35)15-10-21-6-2-1-3-7-21)33-24-13-11-22(12-14-24)26-20-32-27-9-5-4-8-25(26)27/h1-10,15,20,22-24,29,32-33H,11-14,16-19H2,(H2,31,36)/b15-10+. The number of hydrogen-bond donors (Lipinski definition) is 3. The Kier molecular flexibility index (Phi) is 7.52. The van der Waals surface area contributed by atoms with Crippen molar-refractivity contribution in [3.05, 3.63) is 78.0 Å². The summed E-state index contributed by atoms with van der Waals surface area (Å²) in [5.41, 5.74) is 9.48. The van der Waals surface area contributed by atoms with Crippen molar-refractivity contribution in [3.63, 3.8) is 0 Å². The summed E-state index contributed by atoms with van der Waals surface area (Å²) in [7, 11) is 0. The highest BCUT2D eigenvalue weighted by molar-refractivity contribution is 5.92. The van der Waals surface area contributed by atoms with Gasteiger partial charge in [0.15, 0.2) is 0 Å². The van der Waals surface area contributed by atoms with E-state index < -0.39 is 0 Å².